The maximum atomic E-state index is 3.71. The Bertz CT molecular complexity index is 1890. The van der Waals surface area contributed by atoms with Gasteiger partial charge in [0, 0.05) is 21.8 Å². The van der Waals surface area contributed by atoms with Gasteiger partial charge in [0.15, 0.2) is 0 Å². The molecule has 0 fully saturated rings. The van der Waals surface area contributed by atoms with E-state index in [1.165, 1.54) is 66.0 Å². The predicted octanol–water partition coefficient (Wildman–Crippen LogP) is 8.84. The molecule has 1 N–H and O–H groups in total. The molecule has 0 atom stereocenters. The third kappa shape index (κ3) is 2.44. The Morgan fingerprint density at radius 3 is 1.83 bits per heavy atom. The second-order valence-corrected chi connectivity index (χ2v) is 9.81. The molecule has 0 amide bonds. The number of para-hydroxylation sites is 1. The van der Waals surface area contributed by atoms with Crippen LogP contribution < -0.4 is 0 Å². The lowest BCUT2D eigenvalue weighted by atomic mass is 9.67. The first-order chi connectivity index (χ1) is 17.9. The summed E-state index contributed by atoms with van der Waals surface area (Å²) in [5, 5.41) is 5.14. The summed E-state index contributed by atoms with van der Waals surface area (Å²) in [5.41, 5.74) is 9.92. The van der Waals surface area contributed by atoms with Crippen molar-refractivity contribution in [3.63, 3.8) is 0 Å². The molecule has 1 aliphatic rings. The summed E-state index contributed by atoms with van der Waals surface area (Å²) < 4.78 is 0. The first kappa shape index (κ1) is 19.7. The number of aromatic amines is 1. The Hall–Kier alpha value is -4.62. The number of fused-ring (bicyclic) bond motifs is 8. The van der Waals surface area contributed by atoms with Crippen LogP contribution in [0, 0.1) is 0 Å². The van der Waals surface area contributed by atoms with E-state index in [0.29, 0.717) is 0 Å². The molecule has 0 aliphatic heterocycles. The van der Waals surface area contributed by atoms with Gasteiger partial charge >= 0.3 is 0 Å². The van der Waals surface area contributed by atoms with Crippen LogP contribution >= 0.6 is 0 Å². The number of hydrogen-bond acceptors (Lipinski definition) is 0. The maximum Gasteiger partial charge on any atom is 0.0714 e. The highest BCUT2D eigenvalue weighted by Gasteiger charge is 2.46. The minimum Gasteiger partial charge on any atom is -0.355 e. The number of H-pyrrole nitrogens is 1. The Labute approximate surface area is 209 Å². The lowest BCUT2D eigenvalue weighted by Gasteiger charge is -2.34. The Morgan fingerprint density at radius 2 is 1.08 bits per heavy atom. The molecular formula is C35H23N. The van der Waals surface area contributed by atoms with Gasteiger partial charge in [-0.1, -0.05) is 115 Å². The van der Waals surface area contributed by atoms with Gasteiger partial charge in [-0.25, -0.2) is 0 Å². The molecular weight excluding hydrogens is 434 g/mol. The molecule has 8 rings (SSSR count). The number of benzene rings is 6. The van der Waals surface area contributed by atoms with Gasteiger partial charge in [0.05, 0.1) is 5.41 Å². The third-order valence-electron chi connectivity index (χ3n) is 8.06. The van der Waals surface area contributed by atoms with Crippen molar-refractivity contribution in [3.8, 4) is 11.1 Å². The summed E-state index contributed by atoms with van der Waals surface area (Å²) in [6.45, 7) is 0. The van der Waals surface area contributed by atoms with Crippen LogP contribution in [0.4, 0.5) is 0 Å². The van der Waals surface area contributed by atoms with Crippen LogP contribution in [-0.4, -0.2) is 4.98 Å². The van der Waals surface area contributed by atoms with E-state index >= 15 is 0 Å². The van der Waals surface area contributed by atoms with Crippen LogP contribution in [0.25, 0.3) is 43.7 Å². The van der Waals surface area contributed by atoms with Gasteiger partial charge in [-0.15, -0.1) is 0 Å². The van der Waals surface area contributed by atoms with E-state index in [0.717, 1.165) is 0 Å². The average molecular weight is 458 g/mol. The highest BCUT2D eigenvalue weighted by Crippen LogP contribution is 2.58. The lowest BCUT2D eigenvalue weighted by Crippen LogP contribution is -2.28. The Morgan fingerprint density at radius 1 is 0.444 bits per heavy atom. The molecule has 168 valence electrons. The molecule has 1 aromatic heterocycles. The monoisotopic (exact) mass is 457 g/mol. The zero-order chi connectivity index (χ0) is 23.7. The number of rotatable bonds is 2. The Balaban J connectivity index is 1.62. The minimum absolute atomic E-state index is 0.400. The molecule has 0 bridgehead atoms. The summed E-state index contributed by atoms with van der Waals surface area (Å²) in [6, 6.07) is 49.0. The third-order valence-corrected chi connectivity index (χ3v) is 8.06. The van der Waals surface area contributed by atoms with E-state index in [-0.39, 0.29) is 0 Å². The normalized spacial score (nSPS) is 13.8. The average Bonchev–Trinajstić information content (AvgIpc) is 3.46. The van der Waals surface area contributed by atoms with E-state index < -0.39 is 5.41 Å². The van der Waals surface area contributed by atoms with Crippen molar-refractivity contribution in [3.05, 3.63) is 156 Å². The molecule has 1 aliphatic carbocycles. The molecule has 6 aromatic carbocycles. The van der Waals surface area contributed by atoms with Gasteiger partial charge in [0.1, 0.15) is 0 Å². The topological polar surface area (TPSA) is 15.8 Å². The fraction of sp³-hybridized carbons (Fsp3) is 0.0286. The summed E-state index contributed by atoms with van der Waals surface area (Å²) in [5.74, 6) is 0. The summed E-state index contributed by atoms with van der Waals surface area (Å²) in [7, 11) is 0. The van der Waals surface area contributed by atoms with E-state index in [9.17, 15) is 0 Å². The van der Waals surface area contributed by atoms with Crippen molar-refractivity contribution < 1.29 is 0 Å². The second kappa shape index (κ2) is 7.19. The van der Waals surface area contributed by atoms with E-state index in [4.69, 9.17) is 0 Å². The van der Waals surface area contributed by atoms with Gasteiger partial charge in [-0.05, 0) is 62.4 Å². The maximum absolute atomic E-state index is 3.71. The van der Waals surface area contributed by atoms with E-state index in [1.807, 2.05) is 0 Å². The molecule has 36 heavy (non-hydrogen) atoms. The largest absolute Gasteiger partial charge is 0.355 e. The minimum atomic E-state index is -0.400. The lowest BCUT2D eigenvalue weighted by molar-refractivity contribution is 0.770. The Kier molecular flexibility index (Phi) is 3.93. The van der Waals surface area contributed by atoms with E-state index in [2.05, 4.69) is 138 Å². The first-order valence-corrected chi connectivity index (χ1v) is 12.5. The molecule has 0 saturated carbocycles. The highest BCUT2D eigenvalue weighted by atomic mass is 14.7. The van der Waals surface area contributed by atoms with Crippen molar-refractivity contribution >= 4 is 32.6 Å². The summed E-state index contributed by atoms with van der Waals surface area (Å²) in [6.07, 6.45) is 0. The zero-order valence-electron chi connectivity index (χ0n) is 19.7. The zero-order valence-corrected chi connectivity index (χ0v) is 19.7. The predicted molar refractivity (Wildman–Crippen MR) is 151 cm³/mol. The van der Waals surface area contributed by atoms with E-state index in [1.54, 1.807) is 0 Å². The molecule has 1 heteroatoms. The molecule has 0 spiro atoms. The van der Waals surface area contributed by atoms with Crippen LogP contribution in [-0.2, 0) is 5.41 Å². The highest BCUT2D eigenvalue weighted by molar-refractivity contribution is 6.12. The molecule has 1 heterocycles. The second-order valence-electron chi connectivity index (χ2n) is 9.81. The van der Waals surface area contributed by atoms with Crippen molar-refractivity contribution in [1.82, 2.24) is 4.98 Å². The standard InChI is InChI=1S/C35H23N/c1-3-12-24(13-4-1)35(25-14-5-2-6-15-25)30-20-19-23-11-7-8-16-26(23)34(30)29-21-28-27-17-9-10-18-32(27)36-33(28)22-31(29)35/h1-22,36H. The molecule has 0 saturated heterocycles. The van der Waals surface area contributed by atoms with Gasteiger partial charge in [0.25, 0.3) is 0 Å². The fourth-order valence-corrected chi connectivity index (χ4v) is 6.60. The quantitative estimate of drug-likeness (QED) is 0.267. The van der Waals surface area contributed by atoms with Gasteiger partial charge in [0.2, 0.25) is 0 Å². The van der Waals surface area contributed by atoms with Crippen molar-refractivity contribution in [2.45, 2.75) is 5.41 Å². The smallest absolute Gasteiger partial charge is 0.0714 e. The van der Waals surface area contributed by atoms with Crippen LogP contribution in [0.5, 0.6) is 0 Å². The van der Waals surface area contributed by atoms with Gasteiger partial charge in [-0.2, -0.15) is 0 Å². The van der Waals surface area contributed by atoms with Crippen LogP contribution in [0.2, 0.25) is 0 Å². The SMILES string of the molecule is c1ccc(C2(c3ccccc3)c3cc4[nH]c5ccccc5c4cc3-c3c2ccc2ccccc32)cc1. The number of aromatic nitrogens is 1. The van der Waals surface area contributed by atoms with Gasteiger partial charge in [-0.3, -0.25) is 0 Å². The van der Waals surface area contributed by atoms with Crippen molar-refractivity contribution in [2.24, 2.45) is 0 Å². The fourth-order valence-electron chi connectivity index (χ4n) is 6.60. The van der Waals surface area contributed by atoms with Crippen LogP contribution in [0.15, 0.2) is 133 Å². The number of nitrogens with one attached hydrogen (secondary N) is 1. The molecule has 0 unspecified atom stereocenters. The summed E-state index contributed by atoms with van der Waals surface area (Å²) in [4.78, 5) is 3.71. The molecule has 7 aromatic rings. The molecule has 1 nitrogen and oxygen atoms in total. The van der Waals surface area contributed by atoms with Crippen LogP contribution in [0.3, 0.4) is 0 Å². The number of hydrogen-bond donors (Lipinski definition) is 1. The van der Waals surface area contributed by atoms with Crippen LogP contribution in [0.1, 0.15) is 22.3 Å². The molecule has 0 radical (unpaired) electrons. The van der Waals surface area contributed by atoms with Gasteiger partial charge < -0.3 is 4.98 Å². The van der Waals surface area contributed by atoms with Crippen molar-refractivity contribution in [2.75, 3.05) is 0 Å². The first-order valence-electron chi connectivity index (χ1n) is 12.5. The van der Waals surface area contributed by atoms with Crippen molar-refractivity contribution in [1.29, 1.82) is 0 Å². The summed E-state index contributed by atoms with van der Waals surface area (Å²) >= 11 is 0.